The van der Waals surface area contributed by atoms with Gasteiger partial charge in [-0.05, 0) is 32.6 Å². The first-order valence-corrected chi connectivity index (χ1v) is 7.99. The van der Waals surface area contributed by atoms with E-state index >= 15 is 0 Å². The fraction of sp³-hybridized carbons (Fsp3) is 0.909. The maximum absolute atomic E-state index is 12.3. The van der Waals surface area contributed by atoms with Crippen LogP contribution in [0.25, 0.3) is 0 Å². The highest BCUT2D eigenvalue weighted by molar-refractivity contribution is 7.87. The van der Waals surface area contributed by atoms with Crippen LogP contribution < -0.4 is 4.72 Å². The molecule has 0 aromatic heterocycles. The van der Waals surface area contributed by atoms with Crippen LogP contribution in [-0.4, -0.2) is 55.1 Å². The molecule has 2 saturated heterocycles. The molecule has 0 aliphatic carbocycles. The van der Waals surface area contributed by atoms with Crippen molar-refractivity contribution in [2.75, 3.05) is 13.2 Å². The highest BCUT2D eigenvalue weighted by Gasteiger charge is 2.39. The van der Waals surface area contributed by atoms with Crippen LogP contribution in [-0.2, 0) is 19.7 Å². The molecule has 0 bridgehead atoms. The molecule has 2 heterocycles. The van der Waals surface area contributed by atoms with E-state index in [0.29, 0.717) is 25.9 Å². The summed E-state index contributed by atoms with van der Waals surface area (Å²) in [7, 11) is -3.77. The van der Waals surface area contributed by atoms with Crippen LogP contribution in [0.1, 0.15) is 32.6 Å². The zero-order valence-corrected chi connectivity index (χ0v) is 11.7. The van der Waals surface area contributed by atoms with E-state index in [1.54, 1.807) is 0 Å². The van der Waals surface area contributed by atoms with Gasteiger partial charge in [-0.1, -0.05) is 0 Å². The van der Waals surface area contributed by atoms with Crippen LogP contribution in [0, 0.1) is 0 Å². The Hall–Kier alpha value is -0.700. The van der Waals surface area contributed by atoms with Crippen molar-refractivity contribution >= 4 is 16.2 Å². The first-order valence-electron chi connectivity index (χ1n) is 6.55. The van der Waals surface area contributed by atoms with E-state index in [-0.39, 0.29) is 18.7 Å². The van der Waals surface area contributed by atoms with Gasteiger partial charge in [0.2, 0.25) is 0 Å². The third-order valence-electron chi connectivity index (χ3n) is 3.72. The number of carboxylic acid groups (broad SMARTS) is 1. The summed E-state index contributed by atoms with van der Waals surface area (Å²) in [6.07, 6.45) is 2.24. The Morgan fingerprint density at radius 2 is 2.11 bits per heavy atom. The number of hydrogen-bond donors (Lipinski definition) is 2. The highest BCUT2D eigenvalue weighted by atomic mass is 32.2. The van der Waals surface area contributed by atoms with Crippen molar-refractivity contribution in [1.82, 2.24) is 9.03 Å². The summed E-state index contributed by atoms with van der Waals surface area (Å²) >= 11 is 0. The van der Waals surface area contributed by atoms with Crippen LogP contribution in [0.3, 0.4) is 0 Å². The Bertz CT molecular complexity index is 438. The maximum atomic E-state index is 12.3. The minimum absolute atomic E-state index is 0.178. The van der Waals surface area contributed by atoms with E-state index in [2.05, 4.69) is 4.72 Å². The molecule has 2 fully saturated rings. The van der Waals surface area contributed by atoms with E-state index in [1.807, 2.05) is 6.92 Å². The van der Waals surface area contributed by atoms with E-state index in [9.17, 15) is 13.2 Å². The lowest BCUT2D eigenvalue weighted by Gasteiger charge is -2.33. The topological polar surface area (TPSA) is 95.9 Å². The van der Waals surface area contributed by atoms with Crippen LogP contribution in [0.5, 0.6) is 0 Å². The fourth-order valence-electron chi connectivity index (χ4n) is 2.58. The summed E-state index contributed by atoms with van der Waals surface area (Å²) in [5, 5.41) is 9.13. The van der Waals surface area contributed by atoms with E-state index in [1.165, 1.54) is 0 Å². The molecule has 2 N–H and O–H groups in total. The van der Waals surface area contributed by atoms with Crippen molar-refractivity contribution in [2.45, 2.75) is 50.8 Å². The monoisotopic (exact) mass is 292 g/mol. The first-order chi connectivity index (χ1) is 8.92. The average Bonchev–Trinajstić information content (AvgIpc) is 2.74. The quantitative estimate of drug-likeness (QED) is 0.756. The molecule has 19 heavy (non-hydrogen) atoms. The summed E-state index contributed by atoms with van der Waals surface area (Å²) < 4.78 is 33.5. The van der Waals surface area contributed by atoms with Gasteiger partial charge in [0.25, 0.3) is 10.2 Å². The third-order valence-corrected chi connectivity index (χ3v) is 5.38. The molecular weight excluding hydrogens is 272 g/mol. The van der Waals surface area contributed by atoms with Crippen LogP contribution >= 0.6 is 0 Å². The minimum Gasteiger partial charge on any atom is -0.480 e. The van der Waals surface area contributed by atoms with Crippen molar-refractivity contribution in [3.8, 4) is 0 Å². The standard InChI is InChI=1S/C11H20N2O5S/c1-8-9(5-7-18-8)12-19(16,17)13-6-3-2-4-10(13)11(14)15/h8-10,12H,2-7H2,1H3,(H,14,15). The van der Waals surface area contributed by atoms with Gasteiger partial charge in [0, 0.05) is 13.2 Å². The Balaban J connectivity index is 2.10. The van der Waals surface area contributed by atoms with Gasteiger partial charge >= 0.3 is 5.97 Å². The largest absolute Gasteiger partial charge is 0.480 e. The van der Waals surface area contributed by atoms with Crippen LogP contribution in [0.4, 0.5) is 0 Å². The van der Waals surface area contributed by atoms with Crippen molar-refractivity contribution in [3.63, 3.8) is 0 Å². The minimum atomic E-state index is -3.77. The van der Waals surface area contributed by atoms with Gasteiger partial charge in [-0.15, -0.1) is 0 Å². The smallest absolute Gasteiger partial charge is 0.322 e. The van der Waals surface area contributed by atoms with Gasteiger partial charge in [0.1, 0.15) is 6.04 Å². The predicted octanol–water partition coefficient (Wildman–Crippen LogP) is -0.0627. The highest BCUT2D eigenvalue weighted by Crippen LogP contribution is 2.22. The predicted molar refractivity (Wildman–Crippen MR) is 67.9 cm³/mol. The van der Waals surface area contributed by atoms with Gasteiger partial charge in [0.15, 0.2) is 0 Å². The normalized spacial score (nSPS) is 33.4. The fourth-order valence-corrected chi connectivity index (χ4v) is 4.31. The Labute approximate surface area is 113 Å². The van der Waals surface area contributed by atoms with Crippen molar-refractivity contribution in [2.24, 2.45) is 0 Å². The molecule has 3 atom stereocenters. The zero-order chi connectivity index (χ0) is 14.0. The number of nitrogens with one attached hydrogen (secondary N) is 1. The van der Waals surface area contributed by atoms with Crippen molar-refractivity contribution < 1.29 is 23.1 Å². The third kappa shape index (κ3) is 3.25. The number of piperidine rings is 1. The van der Waals surface area contributed by atoms with Crippen LogP contribution in [0.15, 0.2) is 0 Å². The molecule has 0 spiro atoms. The lowest BCUT2D eigenvalue weighted by molar-refractivity contribution is -0.142. The Kier molecular flexibility index (Phi) is 4.44. The van der Waals surface area contributed by atoms with Gasteiger partial charge in [-0.3, -0.25) is 4.79 Å². The summed E-state index contributed by atoms with van der Waals surface area (Å²) in [5.41, 5.74) is 0. The van der Waals surface area contributed by atoms with Crippen LogP contribution in [0.2, 0.25) is 0 Å². The first kappa shape index (κ1) is 14.7. The number of rotatable bonds is 4. The number of carbonyl (C=O) groups is 1. The Morgan fingerprint density at radius 3 is 2.68 bits per heavy atom. The summed E-state index contributed by atoms with van der Waals surface area (Å²) in [5.74, 6) is -1.08. The zero-order valence-electron chi connectivity index (χ0n) is 10.9. The SMILES string of the molecule is CC1OCCC1NS(=O)(=O)N1CCCCC1C(=O)O. The molecule has 0 aromatic rings. The van der Waals surface area contributed by atoms with E-state index < -0.39 is 22.2 Å². The van der Waals surface area contributed by atoms with Crippen molar-refractivity contribution in [3.05, 3.63) is 0 Å². The molecule has 0 radical (unpaired) electrons. The second-order valence-electron chi connectivity index (χ2n) is 5.05. The molecule has 7 nitrogen and oxygen atoms in total. The molecule has 0 saturated carbocycles. The van der Waals surface area contributed by atoms with Gasteiger partial charge < -0.3 is 9.84 Å². The second-order valence-corrected chi connectivity index (χ2v) is 6.71. The number of carboxylic acids is 1. The average molecular weight is 292 g/mol. The molecule has 8 heteroatoms. The summed E-state index contributed by atoms with van der Waals surface area (Å²) in [4.78, 5) is 11.2. The number of aliphatic carboxylic acids is 1. The molecule has 0 amide bonds. The summed E-state index contributed by atoms with van der Waals surface area (Å²) in [6, 6.07) is -1.23. The molecule has 2 aliphatic rings. The molecule has 110 valence electrons. The second kappa shape index (κ2) is 5.74. The lowest BCUT2D eigenvalue weighted by atomic mass is 10.1. The molecule has 2 aliphatic heterocycles. The number of nitrogens with zero attached hydrogens (tertiary/aromatic N) is 1. The van der Waals surface area contributed by atoms with Gasteiger partial charge in [-0.25, -0.2) is 0 Å². The molecule has 0 aromatic carbocycles. The number of ether oxygens (including phenoxy) is 1. The van der Waals surface area contributed by atoms with Crippen molar-refractivity contribution in [1.29, 1.82) is 0 Å². The number of hydrogen-bond acceptors (Lipinski definition) is 4. The Morgan fingerprint density at radius 1 is 1.37 bits per heavy atom. The maximum Gasteiger partial charge on any atom is 0.322 e. The van der Waals surface area contributed by atoms with E-state index in [4.69, 9.17) is 9.84 Å². The molecule has 2 rings (SSSR count). The van der Waals surface area contributed by atoms with Gasteiger partial charge in [-0.2, -0.15) is 17.4 Å². The lowest BCUT2D eigenvalue weighted by Crippen LogP contribution is -2.54. The molecule has 3 unspecified atom stereocenters. The summed E-state index contributed by atoms with van der Waals surface area (Å²) in [6.45, 7) is 2.59. The van der Waals surface area contributed by atoms with E-state index in [0.717, 1.165) is 10.7 Å². The molecular formula is C11H20N2O5S. The van der Waals surface area contributed by atoms with Gasteiger partial charge in [0.05, 0.1) is 12.1 Å².